The van der Waals surface area contributed by atoms with Gasteiger partial charge in [-0.25, -0.2) is 4.79 Å². The normalized spacial score (nSPS) is 22.5. The molecule has 0 radical (unpaired) electrons. The molecule has 1 saturated heterocycles. The van der Waals surface area contributed by atoms with Gasteiger partial charge in [-0.15, -0.1) is 0 Å². The largest absolute Gasteiger partial charge is 0.394 e. The minimum absolute atomic E-state index is 0.215. The second kappa shape index (κ2) is 9.63. The van der Waals surface area contributed by atoms with Crippen LogP contribution in [-0.4, -0.2) is 57.1 Å². The number of nitrogens with zero attached hydrogens (tertiary/aromatic N) is 1. The topological polar surface area (TPSA) is 143 Å². The van der Waals surface area contributed by atoms with E-state index >= 15 is 0 Å². The van der Waals surface area contributed by atoms with Crippen LogP contribution in [0.3, 0.4) is 0 Å². The molecule has 1 aromatic heterocycles. The molecule has 4 rings (SSSR count). The SMILES string of the molecule is O=C(NCCc1cccc2ccccc12)c1cn([C@@H]2O[C@H](CO)[C@H](O)[C@H]2OF)c(=O)[nH]c1=O. The summed E-state index contributed by atoms with van der Waals surface area (Å²) in [6, 6.07) is 13.7. The number of ether oxygens (including phenoxy) is 1. The van der Waals surface area contributed by atoms with Crippen LogP contribution in [-0.2, 0) is 16.1 Å². The van der Waals surface area contributed by atoms with Crippen LogP contribution in [0.2, 0.25) is 0 Å². The smallest absolute Gasteiger partial charge is 0.330 e. The Morgan fingerprint density at radius 2 is 1.97 bits per heavy atom. The highest BCUT2D eigenvalue weighted by molar-refractivity contribution is 5.93. The monoisotopic (exact) mass is 459 g/mol. The van der Waals surface area contributed by atoms with Gasteiger partial charge in [-0.3, -0.25) is 19.1 Å². The summed E-state index contributed by atoms with van der Waals surface area (Å²) in [6.45, 7) is -0.440. The Kier molecular flexibility index (Phi) is 6.65. The van der Waals surface area contributed by atoms with E-state index in [1.54, 1.807) is 0 Å². The van der Waals surface area contributed by atoms with Crippen LogP contribution >= 0.6 is 0 Å². The zero-order valence-electron chi connectivity index (χ0n) is 17.3. The van der Waals surface area contributed by atoms with Crippen molar-refractivity contribution in [3.8, 4) is 0 Å². The number of fused-ring (bicyclic) bond motifs is 1. The van der Waals surface area contributed by atoms with Gasteiger partial charge in [0.1, 0.15) is 17.8 Å². The zero-order valence-corrected chi connectivity index (χ0v) is 17.3. The summed E-state index contributed by atoms with van der Waals surface area (Å²) in [5.74, 6) is -0.750. The fourth-order valence-corrected chi connectivity index (χ4v) is 3.94. The number of carbonyl (C=O) groups excluding carboxylic acids is 1. The predicted molar refractivity (Wildman–Crippen MR) is 114 cm³/mol. The lowest BCUT2D eigenvalue weighted by Gasteiger charge is -2.18. The molecule has 10 nitrogen and oxygen atoms in total. The van der Waals surface area contributed by atoms with Crippen molar-refractivity contribution in [2.45, 2.75) is 31.0 Å². The second-order valence-corrected chi connectivity index (χ2v) is 7.65. The Morgan fingerprint density at radius 3 is 2.73 bits per heavy atom. The standard InChI is InChI=1S/C22H22FN3O7/c23-33-18-17(28)16(11-27)32-21(18)26-10-15(20(30)25-22(26)31)19(29)24-9-8-13-6-3-5-12-4-1-2-7-14(12)13/h1-7,10,16-18,21,27-28H,8-9,11H2,(H,24,29)(H,25,30,31)/t16-,17+,18-,21-/m1/s1. The molecule has 1 aliphatic rings. The van der Waals surface area contributed by atoms with Gasteiger partial charge in [-0.1, -0.05) is 42.5 Å². The minimum atomic E-state index is -1.65. The molecule has 0 aliphatic carbocycles. The number of amides is 1. The van der Waals surface area contributed by atoms with Gasteiger partial charge in [0.15, 0.2) is 12.3 Å². The van der Waals surface area contributed by atoms with Crippen molar-refractivity contribution >= 4 is 16.7 Å². The van der Waals surface area contributed by atoms with Gasteiger partial charge in [0, 0.05) is 12.7 Å². The molecule has 11 heteroatoms. The van der Waals surface area contributed by atoms with Gasteiger partial charge in [0.05, 0.1) is 6.61 Å². The zero-order chi connectivity index (χ0) is 23.5. The van der Waals surface area contributed by atoms with E-state index in [1.807, 2.05) is 47.4 Å². The van der Waals surface area contributed by atoms with Crippen LogP contribution in [0, 0.1) is 0 Å². The quantitative estimate of drug-likeness (QED) is 0.395. The molecule has 0 unspecified atom stereocenters. The van der Waals surface area contributed by atoms with Crippen molar-refractivity contribution in [1.82, 2.24) is 14.9 Å². The third kappa shape index (κ3) is 4.44. The minimum Gasteiger partial charge on any atom is -0.394 e. The summed E-state index contributed by atoms with van der Waals surface area (Å²) >= 11 is 0. The number of aliphatic hydroxyl groups is 2. The molecule has 1 fully saturated rings. The molecule has 0 bridgehead atoms. The maximum Gasteiger partial charge on any atom is 0.330 e. The number of rotatable bonds is 7. The van der Waals surface area contributed by atoms with Crippen molar-refractivity contribution < 1.29 is 29.2 Å². The molecular weight excluding hydrogens is 437 g/mol. The van der Waals surface area contributed by atoms with Crippen molar-refractivity contribution in [3.05, 3.63) is 80.6 Å². The van der Waals surface area contributed by atoms with E-state index < -0.39 is 53.9 Å². The maximum absolute atomic E-state index is 13.0. The first kappa shape index (κ1) is 22.8. The highest BCUT2D eigenvalue weighted by Crippen LogP contribution is 2.30. The lowest BCUT2D eigenvalue weighted by atomic mass is 10.0. The second-order valence-electron chi connectivity index (χ2n) is 7.65. The summed E-state index contributed by atoms with van der Waals surface area (Å²) in [4.78, 5) is 42.8. The third-order valence-corrected chi connectivity index (χ3v) is 5.64. The van der Waals surface area contributed by atoms with Gasteiger partial charge in [0.2, 0.25) is 0 Å². The molecule has 3 aromatic rings. The third-order valence-electron chi connectivity index (χ3n) is 5.64. The molecule has 4 atom stereocenters. The van der Waals surface area contributed by atoms with E-state index in [4.69, 9.17) is 4.74 Å². The van der Waals surface area contributed by atoms with E-state index in [0.29, 0.717) is 6.42 Å². The highest BCUT2D eigenvalue weighted by Gasteiger charge is 2.47. The Hall–Kier alpha value is -3.38. The first-order chi connectivity index (χ1) is 15.9. The van der Waals surface area contributed by atoms with Gasteiger partial charge >= 0.3 is 5.69 Å². The average Bonchev–Trinajstić information content (AvgIpc) is 3.14. The molecule has 0 spiro atoms. The Labute approximate surface area is 186 Å². The van der Waals surface area contributed by atoms with Crippen molar-refractivity contribution in [2.24, 2.45) is 0 Å². The molecule has 0 saturated carbocycles. The first-order valence-corrected chi connectivity index (χ1v) is 10.3. The Morgan fingerprint density at radius 1 is 1.21 bits per heavy atom. The molecule has 1 amide bonds. The summed E-state index contributed by atoms with van der Waals surface area (Å²) in [5.41, 5.74) is -1.33. The van der Waals surface area contributed by atoms with Crippen molar-refractivity contribution in [3.63, 3.8) is 0 Å². The average molecular weight is 459 g/mol. The van der Waals surface area contributed by atoms with Gasteiger partial charge < -0.3 is 20.3 Å². The molecule has 4 N–H and O–H groups in total. The summed E-state index contributed by atoms with van der Waals surface area (Å²) in [7, 11) is 0. The lowest BCUT2D eigenvalue weighted by Crippen LogP contribution is -2.41. The Bertz CT molecular complexity index is 1270. The van der Waals surface area contributed by atoms with Crippen LogP contribution in [0.25, 0.3) is 10.8 Å². The molecule has 1 aliphatic heterocycles. The number of hydrogen-bond donors (Lipinski definition) is 4. The number of aliphatic hydroxyl groups excluding tert-OH is 2. The van der Waals surface area contributed by atoms with E-state index in [-0.39, 0.29) is 6.54 Å². The molecule has 174 valence electrons. The molecule has 2 heterocycles. The van der Waals surface area contributed by atoms with Crippen LogP contribution in [0.5, 0.6) is 0 Å². The summed E-state index contributed by atoms with van der Waals surface area (Å²) in [5, 5.41) is 24.0. The Balaban J connectivity index is 1.52. The number of nitrogens with one attached hydrogen (secondary N) is 2. The number of H-pyrrole nitrogens is 1. The molecule has 2 aromatic carbocycles. The number of carbonyl (C=O) groups is 1. The number of aromatic amines is 1. The fraction of sp³-hybridized carbons (Fsp3) is 0.318. The van der Waals surface area contributed by atoms with E-state index in [0.717, 1.165) is 27.1 Å². The van der Waals surface area contributed by atoms with Gasteiger partial charge in [-0.05, 0) is 27.3 Å². The number of hydrogen-bond acceptors (Lipinski definition) is 7. The maximum atomic E-state index is 13.0. The van der Waals surface area contributed by atoms with Gasteiger partial charge in [-0.2, -0.15) is 4.94 Å². The number of aromatic nitrogens is 2. The van der Waals surface area contributed by atoms with E-state index in [9.17, 15) is 29.1 Å². The number of halogens is 1. The summed E-state index contributed by atoms with van der Waals surface area (Å²) < 4.78 is 19.0. The van der Waals surface area contributed by atoms with Crippen molar-refractivity contribution in [2.75, 3.05) is 13.2 Å². The van der Waals surface area contributed by atoms with Crippen molar-refractivity contribution in [1.29, 1.82) is 0 Å². The van der Waals surface area contributed by atoms with Crippen LogP contribution in [0.4, 0.5) is 4.53 Å². The number of benzene rings is 2. The molecular formula is C22H22FN3O7. The van der Waals surface area contributed by atoms with E-state index in [1.165, 1.54) is 0 Å². The van der Waals surface area contributed by atoms with Crippen LogP contribution in [0.1, 0.15) is 22.1 Å². The summed E-state index contributed by atoms with van der Waals surface area (Å²) in [6.07, 6.45) is -4.52. The fourth-order valence-electron chi connectivity index (χ4n) is 3.94. The first-order valence-electron chi connectivity index (χ1n) is 10.3. The highest BCUT2D eigenvalue weighted by atomic mass is 19.3. The van der Waals surface area contributed by atoms with Crippen LogP contribution < -0.4 is 16.6 Å². The lowest BCUT2D eigenvalue weighted by molar-refractivity contribution is -0.221. The predicted octanol–water partition coefficient (Wildman–Crippen LogP) is 0.183. The molecule has 33 heavy (non-hydrogen) atoms. The van der Waals surface area contributed by atoms with Crippen LogP contribution in [0.15, 0.2) is 58.3 Å². The van der Waals surface area contributed by atoms with Gasteiger partial charge in [0.25, 0.3) is 11.5 Å². The van der Waals surface area contributed by atoms with E-state index in [2.05, 4.69) is 10.3 Å².